The first-order valence-electron chi connectivity index (χ1n) is 10.7. The van der Waals surface area contributed by atoms with Crippen molar-refractivity contribution in [3.8, 4) is 0 Å². The zero-order chi connectivity index (χ0) is 20.4. The van der Waals surface area contributed by atoms with E-state index in [0.717, 1.165) is 63.2 Å². The molecule has 1 aliphatic carbocycles. The van der Waals surface area contributed by atoms with Crippen LogP contribution in [0.15, 0.2) is 24.3 Å². The van der Waals surface area contributed by atoms with Crippen molar-refractivity contribution in [2.45, 2.75) is 32.1 Å². The van der Waals surface area contributed by atoms with Gasteiger partial charge in [0, 0.05) is 39.1 Å². The highest BCUT2D eigenvalue weighted by Gasteiger charge is 2.47. The topological polar surface area (TPSA) is 73.0 Å². The predicted molar refractivity (Wildman–Crippen MR) is 112 cm³/mol. The number of amides is 3. The molecule has 0 spiro atoms. The van der Waals surface area contributed by atoms with Crippen molar-refractivity contribution >= 4 is 29.1 Å². The number of nitrogens with one attached hydrogen (secondary N) is 1. The van der Waals surface area contributed by atoms with Crippen LogP contribution in [0.1, 0.15) is 32.1 Å². The molecular formula is C22H30N4O3. The zero-order valence-corrected chi connectivity index (χ0v) is 17.1. The van der Waals surface area contributed by atoms with Crippen molar-refractivity contribution < 1.29 is 14.4 Å². The van der Waals surface area contributed by atoms with Gasteiger partial charge in [-0.1, -0.05) is 25.0 Å². The first-order chi connectivity index (χ1) is 14.0. The first-order valence-corrected chi connectivity index (χ1v) is 10.7. The molecule has 3 amide bonds. The van der Waals surface area contributed by atoms with Gasteiger partial charge in [0.05, 0.1) is 23.2 Å². The summed E-state index contributed by atoms with van der Waals surface area (Å²) < 4.78 is 0. The maximum Gasteiger partial charge on any atom is 0.233 e. The van der Waals surface area contributed by atoms with E-state index in [1.807, 2.05) is 24.3 Å². The lowest BCUT2D eigenvalue weighted by molar-refractivity contribution is -0.140. The average molecular weight is 399 g/mol. The van der Waals surface area contributed by atoms with Crippen molar-refractivity contribution in [3.63, 3.8) is 0 Å². The van der Waals surface area contributed by atoms with E-state index in [1.54, 1.807) is 0 Å². The molecule has 7 nitrogen and oxygen atoms in total. The molecule has 1 aromatic carbocycles. The van der Waals surface area contributed by atoms with Crippen LogP contribution in [-0.4, -0.2) is 67.3 Å². The molecule has 4 rings (SSSR count). The lowest BCUT2D eigenvalue weighted by Gasteiger charge is -2.35. The van der Waals surface area contributed by atoms with Crippen molar-refractivity contribution in [1.29, 1.82) is 0 Å². The van der Waals surface area contributed by atoms with Gasteiger partial charge in [0.1, 0.15) is 0 Å². The molecule has 0 unspecified atom stereocenters. The Morgan fingerprint density at radius 1 is 1.00 bits per heavy atom. The molecule has 7 heteroatoms. The minimum absolute atomic E-state index is 0.0784. The number of carbonyl (C=O) groups excluding carboxylic acids is 3. The van der Waals surface area contributed by atoms with Crippen molar-refractivity contribution in [2.75, 3.05) is 50.0 Å². The Hall–Kier alpha value is -2.41. The second-order valence-electron chi connectivity index (χ2n) is 8.43. The van der Waals surface area contributed by atoms with Crippen LogP contribution < -0.4 is 10.2 Å². The molecule has 0 radical (unpaired) electrons. The van der Waals surface area contributed by atoms with Gasteiger partial charge in [-0.25, -0.2) is 0 Å². The Kier molecular flexibility index (Phi) is 5.85. The number of imide groups is 1. The molecule has 1 saturated carbocycles. The largest absolute Gasteiger partial charge is 0.367 e. The van der Waals surface area contributed by atoms with E-state index in [0.29, 0.717) is 0 Å². The number of likely N-dealkylation sites (tertiary alicyclic amines) is 1. The minimum atomic E-state index is -0.165. The maximum atomic E-state index is 12.6. The molecule has 3 aliphatic rings. The summed E-state index contributed by atoms with van der Waals surface area (Å²) in [5.74, 6) is -0.632. The smallest absolute Gasteiger partial charge is 0.233 e. The molecule has 1 N–H and O–H groups in total. The Morgan fingerprint density at radius 3 is 2.28 bits per heavy atom. The predicted octanol–water partition coefficient (Wildman–Crippen LogP) is 1.94. The lowest BCUT2D eigenvalue weighted by atomic mass is 9.81. The number of rotatable bonds is 5. The van der Waals surface area contributed by atoms with Gasteiger partial charge in [-0.15, -0.1) is 0 Å². The second-order valence-corrected chi connectivity index (χ2v) is 8.43. The number of hydrogen-bond donors (Lipinski definition) is 1. The van der Waals surface area contributed by atoms with Crippen LogP contribution in [0.5, 0.6) is 0 Å². The third-order valence-electron chi connectivity index (χ3n) is 6.52. The van der Waals surface area contributed by atoms with Gasteiger partial charge in [-0.05, 0) is 32.0 Å². The molecule has 3 fully saturated rings. The van der Waals surface area contributed by atoms with Gasteiger partial charge < -0.3 is 15.1 Å². The maximum absolute atomic E-state index is 12.6. The van der Waals surface area contributed by atoms with Gasteiger partial charge in [-0.3, -0.25) is 19.3 Å². The highest BCUT2D eigenvalue weighted by atomic mass is 16.2. The first kappa shape index (κ1) is 19.9. The Bertz CT molecular complexity index is 764. The molecule has 156 valence electrons. The second kappa shape index (κ2) is 8.53. The molecule has 29 heavy (non-hydrogen) atoms. The van der Waals surface area contributed by atoms with E-state index in [1.165, 1.54) is 4.90 Å². The summed E-state index contributed by atoms with van der Waals surface area (Å²) in [6.07, 6.45) is 3.76. The minimum Gasteiger partial charge on any atom is -0.367 e. The monoisotopic (exact) mass is 398 g/mol. The third kappa shape index (κ3) is 4.15. The Balaban J connectivity index is 1.36. The standard InChI is InChI=1S/C22H30N4O3/c1-24-12-14-25(15-13-24)19-9-5-4-8-18(19)23-20(27)10-11-26-21(28)16-6-2-3-7-17(16)22(26)29/h4-5,8-9,16-17H,2-3,6-7,10-15H2,1H3,(H,23,27)/t16-,17-/m0/s1. The number of hydrogen-bond acceptors (Lipinski definition) is 5. The van der Waals surface area contributed by atoms with Crippen LogP contribution in [-0.2, 0) is 14.4 Å². The highest BCUT2D eigenvalue weighted by molar-refractivity contribution is 6.05. The number of likely N-dealkylation sites (N-methyl/N-ethyl adjacent to an activating group) is 1. The fraction of sp³-hybridized carbons (Fsp3) is 0.591. The quantitative estimate of drug-likeness (QED) is 0.768. The van der Waals surface area contributed by atoms with Crippen LogP contribution in [0.25, 0.3) is 0 Å². The summed E-state index contributed by atoms with van der Waals surface area (Å²) >= 11 is 0. The van der Waals surface area contributed by atoms with Gasteiger partial charge in [-0.2, -0.15) is 0 Å². The van der Waals surface area contributed by atoms with E-state index in [4.69, 9.17) is 0 Å². The van der Waals surface area contributed by atoms with Gasteiger partial charge in [0.25, 0.3) is 0 Å². The molecule has 2 aliphatic heterocycles. The lowest BCUT2D eigenvalue weighted by Crippen LogP contribution is -2.44. The van der Waals surface area contributed by atoms with Gasteiger partial charge >= 0.3 is 0 Å². The van der Waals surface area contributed by atoms with Crippen molar-refractivity contribution in [2.24, 2.45) is 11.8 Å². The summed E-state index contributed by atoms with van der Waals surface area (Å²) in [4.78, 5) is 43.6. The number of nitrogens with zero attached hydrogens (tertiary/aromatic N) is 3. The van der Waals surface area contributed by atoms with Crippen LogP contribution in [0.2, 0.25) is 0 Å². The van der Waals surface area contributed by atoms with Crippen molar-refractivity contribution in [1.82, 2.24) is 9.80 Å². The van der Waals surface area contributed by atoms with E-state index in [9.17, 15) is 14.4 Å². The number of anilines is 2. The zero-order valence-electron chi connectivity index (χ0n) is 17.1. The van der Waals surface area contributed by atoms with Gasteiger partial charge in [0.2, 0.25) is 17.7 Å². The van der Waals surface area contributed by atoms with Crippen LogP contribution in [0.3, 0.4) is 0 Å². The number of benzene rings is 1. The summed E-state index contributed by atoms with van der Waals surface area (Å²) in [6.45, 7) is 3.99. The van der Waals surface area contributed by atoms with E-state index in [-0.39, 0.29) is 42.5 Å². The summed E-state index contributed by atoms with van der Waals surface area (Å²) in [7, 11) is 2.11. The molecule has 2 atom stereocenters. The number of fused-ring (bicyclic) bond motifs is 1. The Labute approximate surface area is 172 Å². The van der Waals surface area contributed by atoms with Crippen LogP contribution >= 0.6 is 0 Å². The molecular weight excluding hydrogens is 368 g/mol. The molecule has 0 aromatic heterocycles. The SMILES string of the molecule is CN1CCN(c2ccccc2NC(=O)CCN2C(=O)[C@H]3CCCC[C@@H]3C2=O)CC1. The average Bonchev–Trinajstić information content (AvgIpc) is 2.98. The van der Waals surface area contributed by atoms with E-state index in [2.05, 4.69) is 22.2 Å². The molecule has 2 heterocycles. The summed E-state index contributed by atoms with van der Waals surface area (Å²) in [5, 5.41) is 2.99. The normalized spacial score (nSPS) is 25.3. The molecule has 2 saturated heterocycles. The van der Waals surface area contributed by atoms with Crippen LogP contribution in [0.4, 0.5) is 11.4 Å². The van der Waals surface area contributed by atoms with Crippen molar-refractivity contribution in [3.05, 3.63) is 24.3 Å². The van der Waals surface area contributed by atoms with Crippen LogP contribution in [0, 0.1) is 11.8 Å². The molecule has 0 bridgehead atoms. The molecule has 1 aromatic rings. The highest BCUT2D eigenvalue weighted by Crippen LogP contribution is 2.38. The van der Waals surface area contributed by atoms with E-state index >= 15 is 0 Å². The van der Waals surface area contributed by atoms with Gasteiger partial charge in [0.15, 0.2) is 0 Å². The summed E-state index contributed by atoms with van der Waals surface area (Å²) in [6, 6.07) is 7.82. The summed E-state index contributed by atoms with van der Waals surface area (Å²) in [5.41, 5.74) is 1.81. The third-order valence-corrected chi connectivity index (χ3v) is 6.52. The Morgan fingerprint density at radius 2 is 1.62 bits per heavy atom. The number of carbonyl (C=O) groups is 3. The fourth-order valence-corrected chi connectivity index (χ4v) is 4.78. The van der Waals surface area contributed by atoms with E-state index < -0.39 is 0 Å². The fourth-order valence-electron chi connectivity index (χ4n) is 4.78. The number of para-hydroxylation sites is 2. The number of piperazine rings is 1.